The molecule has 0 aromatic rings. The second-order valence-corrected chi connectivity index (χ2v) is 8.09. The normalized spacial score (nSPS) is 39.9. The predicted molar refractivity (Wildman–Crippen MR) is 82.5 cm³/mol. The molecule has 0 aromatic carbocycles. The van der Waals surface area contributed by atoms with E-state index >= 15 is 0 Å². The molecule has 0 radical (unpaired) electrons. The van der Waals surface area contributed by atoms with Gasteiger partial charge in [-0.25, -0.2) is 0 Å². The van der Waals surface area contributed by atoms with Crippen molar-refractivity contribution in [1.82, 2.24) is 0 Å². The average Bonchev–Trinajstić information content (AvgIpc) is 2.64. The molecule has 3 unspecified atom stereocenters. The van der Waals surface area contributed by atoms with Gasteiger partial charge in [-0.05, 0) is 61.9 Å². The first-order valence-electron chi connectivity index (χ1n) is 8.26. The Balaban J connectivity index is 1.66. The quantitative estimate of drug-likeness (QED) is 0.747. The summed E-state index contributed by atoms with van der Waals surface area (Å²) < 4.78 is 6.24. The smallest absolute Gasteiger partial charge is 0.0701 e. The summed E-state index contributed by atoms with van der Waals surface area (Å²) >= 11 is 2.10. The van der Waals surface area contributed by atoms with Crippen molar-refractivity contribution in [2.75, 3.05) is 18.1 Å². The van der Waals surface area contributed by atoms with Crippen LogP contribution in [0.4, 0.5) is 0 Å². The van der Waals surface area contributed by atoms with Gasteiger partial charge in [0.1, 0.15) is 0 Å². The van der Waals surface area contributed by atoms with Crippen LogP contribution in [0.2, 0.25) is 0 Å². The maximum Gasteiger partial charge on any atom is 0.0701 e. The van der Waals surface area contributed by atoms with Crippen molar-refractivity contribution in [3.05, 3.63) is 0 Å². The van der Waals surface area contributed by atoms with E-state index in [1.807, 2.05) is 0 Å². The monoisotopic (exact) mass is 283 g/mol. The third-order valence-electron chi connectivity index (χ3n) is 5.67. The van der Waals surface area contributed by atoms with Crippen molar-refractivity contribution in [3.8, 4) is 0 Å². The minimum absolute atomic E-state index is 0.236. The third-order valence-corrected chi connectivity index (χ3v) is 6.65. The summed E-state index contributed by atoms with van der Waals surface area (Å²) in [6.07, 6.45) is 11.9. The molecule has 3 fully saturated rings. The molecule has 2 nitrogen and oxygen atoms in total. The van der Waals surface area contributed by atoms with Gasteiger partial charge in [-0.3, -0.25) is 0 Å². The number of rotatable bonds is 1. The molecule has 0 amide bonds. The van der Waals surface area contributed by atoms with Crippen LogP contribution >= 0.6 is 11.8 Å². The Morgan fingerprint density at radius 2 is 1.79 bits per heavy atom. The van der Waals surface area contributed by atoms with Crippen LogP contribution in [0.15, 0.2) is 0 Å². The zero-order valence-electron chi connectivity index (χ0n) is 12.1. The highest BCUT2D eigenvalue weighted by atomic mass is 32.2. The van der Waals surface area contributed by atoms with Gasteiger partial charge in [0, 0.05) is 12.6 Å². The summed E-state index contributed by atoms with van der Waals surface area (Å²) in [5, 5.41) is 0. The van der Waals surface area contributed by atoms with Crippen LogP contribution in [-0.2, 0) is 4.74 Å². The second-order valence-electron chi connectivity index (χ2n) is 6.86. The minimum Gasteiger partial charge on any atom is -0.375 e. The molecule has 3 aliphatic rings. The Labute approximate surface area is 122 Å². The van der Waals surface area contributed by atoms with Crippen molar-refractivity contribution < 1.29 is 4.74 Å². The van der Waals surface area contributed by atoms with Gasteiger partial charge in [0.25, 0.3) is 0 Å². The molecule has 1 aliphatic carbocycles. The molecule has 0 aromatic heterocycles. The van der Waals surface area contributed by atoms with Gasteiger partial charge in [0.05, 0.1) is 5.60 Å². The van der Waals surface area contributed by atoms with Crippen molar-refractivity contribution in [1.29, 1.82) is 0 Å². The Kier molecular flexibility index (Phi) is 4.76. The first-order chi connectivity index (χ1) is 9.29. The molecule has 0 bridgehead atoms. The van der Waals surface area contributed by atoms with Gasteiger partial charge in [0.2, 0.25) is 0 Å². The summed E-state index contributed by atoms with van der Waals surface area (Å²) in [5.41, 5.74) is 6.72. The number of nitrogens with two attached hydrogens (primary N) is 1. The van der Waals surface area contributed by atoms with E-state index in [2.05, 4.69) is 11.8 Å². The van der Waals surface area contributed by atoms with Crippen molar-refractivity contribution in [2.45, 2.75) is 69.4 Å². The van der Waals surface area contributed by atoms with Crippen molar-refractivity contribution in [2.24, 2.45) is 17.6 Å². The zero-order chi connectivity index (χ0) is 13.1. The predicted octanol–water partition coefficient (Wildman–Crippen LogP) is 3.59. The lowest BCUT2D eigenvalue weighted by Gasteiger charge is -2.46. The number of hydrogen-bond donors (Lipinski definition) is 1. The van der Waals surface area contributed by atoms with E-state index in [9.17, 15) is 0 Å². The van der Waals surface area contributed by atoms with Crippen LogP contribution in [0, 0.1) is 11.8 Å². The summed E-state index contributed by atoms with van der Waals surface area (Å²) in [4.78, 5) is 0. The molecule has 3 atom stereocenters. The van der Waals surface area contributed by atoms with E-state index < -0.39 is 0 Å². The molecule has 3 rings (SSSR count). The van der Waals surface area contributed by atoms with Crippen LogP contribution in [-0.4, -0.2) is 29.8 Å². The summed E-state index contributed by atoms with van der Waals surface area (Å²) in [5.74, 6) is 4.20. The van der Waals surface area contributed by atoms with Gasteiger partial charge in [-0.15, -0.1) is 0 Å². The van der Waals surface area contributed by atoms with Crippen molar-refractivity contribution in [3.63, 3.8) is 0 Å². The highest BCUT2D eigenvalue weighted by Crippen LogP contribution is 2.44. The lowest BCUT2D eigenvalue weighted by molar-refractivity contribution is -0.112. The van der Waals surface area contributed by atoms with Crippen LogP contribution in [0.3, 0.4) is 0 Å². The van der Waals surface area contributed by atoms with E-state index in [-0.39, 0.29) is 5.60 Å². The molecular formula is C16H29NOS. The summed E-state index contributed by atoms with van der Waals surface area (Å²) in [7, 11) is 0. The lowest BCUT2D eigenvalue weighted by Crippen LogP contribution is -2.47. The molecule has 1 saturated carbocycles. The van der Waals surface area contributed by atoms with E-state index in [1.54, 1.807) is 0 Å². The van der Waals surface area contributed by atoms with Gasteiger partial charge < -0.3 is 10.5 Å². The van der Waals surface area contributed by atoms with Gasteiger partial charge >= 0.3 is 0 Å². The molecule has 1 spiro atoms. The molecule has 3 heteroatoms. The maximum atomic E-state index is 6.48. The first-order valence-corrected chi connectivity index (χ1v) is 9.42. The fourth-order valence-corrected chi connectivity index (χ4v) is 5.71. The van der Waals surface area contributed by atoms with Crippen molar-refractivity contribution >= 4 is 11.8 Å². The van der Waals surface area contributed by atoms with Crippen LogP contribution < -0.4 is 5.73 Å². The van der Waals surface area contributed by atoms with Gasteiger partial charge in [-0.2, -0.15) is 11.8 Å². The molecule has 2 N–H and O–H groups in total. The third kappa shape index (κ3) is 3.30. The maximum absolute atomic E-state index is 6.48. The largest absolute Gasteiger partial charge is 0.375 e. The molecule has 2 aliphatic heterocycles. The topological polar surface area (TPSA) is 35.2 Å². The molecule has 110 valence electrons. The van der Waals surface area contributed by atoms with E-state index in [0.717, 1.165) is 18.4 Å². The Morgan fingerprint density at radius 3 is 2.63 bits per heavy atom. The summed E-state index contributed by atoms with van der Waals surface area (Å²) in [6.45, 7) is 0.985. The highest BCUT2D eigenvalue weighted by Gasteiger charge is 2.42. The van der Waals surface area contributed by atoms with E-state index in [0.29, 0.717) is 6.04 Å². The second kappa shape index (κ2) is 6.36. The highest BCUT2D eigenvalue weighted by molar-refractivity contribution is 7.99. The SMILES string of the molecule is NC1CCCCCC1C1CCOC2(CCSCC2)C1. The standard InChI is InChI=1S/C16H29NOS/c17-15-5-3-1-2-4-14(15)13-6-9-18-16(12-13)7-10-19-11-8-16/h13-15H,1-12,17H2. The van der Waals surface area contributed by atoms with Gasteiger partial charge in [0.15, 0.2) is 0 Å². The average molecular weight is 283 g/mol. The molecule has 2 heterocycles. The van der Waals surface area contributed by atoms with E-state index in [4.69, 9.17) is 10.5 Å². The Bertz CT molecular complexity index is 285. The summed E-state index contributed by atoms with van der Waals surface area (Å²) in [6, 6.07) is 0.459. The molecule has 2 saturated heterocycles. The van der Waals surface area contributed by atoms with E-state index in [1.165, 1.54) is 69.3 Å². The van der Waals surface area contributed by atoms with Gasteiger partial charge in [-0.1, -0.05) is 19.3 Å². The number of ether oxygens (including phenoxy) is 1. The fourth-order valence-electron chi connectivity index (χ4n) is 4.47. The zero-order valence-corrected chi connectivity index (χ0v) is 12.9. The lowest BCUT2D eigenvalue weighted by atomic mass is 9.72. The molecular weight excluding hydrogens is 254 g/mol. The molecule has 19 heavy (non-hydrogen) atoms. The van der Waals surface area contributed by atoms with Crippen LogP contribution in [0.5, 0.6) is 0 Å². The first kappa shape index (κ1) is 14.2. The number of hydrogen-bond acceptors (Lipinski definition) is 3. The number of thioether (sulfide) groups is 1. The Hall–Kier alpha value is 0.270. The van der Waals surface area contributed by atoms with Crippen LogP contribution in [0.25, 0.3) is 0 Å². The minimum atomic E-state index is 0.236. The Morgan fingerprint density at radius 1 is 1.00 bits per heavy atom. The fraction of sp³-hybridized carbons (Fsp3) is 1.00. The van der Waals surface area contributed by atoms with Crippen LogP contribution in [0.1, 0.15) is 57.8 Å².